The fraction of sp³-hybridized carbons (Fsp3) is 0.414. The van der Waals surface area contributed by atoms with Gasteiger partial charge in [0.05, 0.1) is 27.7 Å². The van der Waals surface area contributed by atoms with Crippen LogP contribution in [0.4, 0.5) is 5.69 Å². The number of aromatic nitrogens is 2. The van der Waals surface area contributed by atoms with Gasteiger partial charge in [0.1, 0.15) is 0 Å². The van der Waals surface area contributed by atoms with Crippen molar-refractivity contribution in [3.8, 4) is 0 Å². The molecule has 2 aromatic carbocycles. The number of halogens is 2. The molecule has 2 atom stereocenters. The molecular formula is C29H36Cl2N6O3S. The summed E-state index contributed by atoms with van der Waals surface area (Å²) in [5.74, 6) is 0.0456. The van der Waals surface area contributed by atoms with E-state index >= 15 is 0 Å². The highest BCUT2D eigenvalue weighted by atomic mass is 35.5. The van der Waals surface area contributed by atoms with E-state index < -0.39 is 4.92 Å². The summed E-state index contributed by atoms with van der Waals surface area (Å²) < 4.78 is 1.87. The zero-order valence-corrected chi connectivity index (χ0v) is 25.8. The second-order valence-corrected chi connectivity index (χ2v) is 11.2. The van der Waals surface area contributed by atoms with E-state index in [0.29, 0.717) is 34.8 Å². The first-order valence-electron chi connectivity index (χ1n) is 13.6. The van der Waals surface area contributed by atoms with Crippen LogP contribution in [-0.2, 0) is 24.3 Å². The van der Waals surface area contributed by atoms with Gasteiger partial charge >= 0.3 is 0 Å². The molecule has 0 spiro atoms. The smallest absolute Gasteiger partial charge is 0.269 e. The summed E-state index contributed by atoms with van der Waals surface area (Å²) in [7, 11) is 0. The minimum atomic E-state index is -0.429. The summed E-state index contributed by atoms with van der Waals surface area (Å²) in [6.45, 7) is 8.38. The minimum Gasteiger partial charge on any atom is -0.363 e. The fourth-order valence-electron chi connectivity index (χ4n) is 4.31. The SMILES string of the molecule is CCCNC(=S)N(Cc1cccc(Cl)c1Cl)C[C@@H](NC(=O)Cc1cncn1Cc1ccc([N+](=O)[O-])cc1)[C@@H](C)CC. The number of carbonyl (C=O) groups excluding carboxylic acids is 1. The van der Waals surface area contributed by atoms with Crippen LogP contribution in [0.2, 0.25) is 10.0 Å². The number of imidazole rings is 1. The monoisotopic (exact) mass is 618 g/mol. The number of rotatable bonds is 14. The van der Waals surface area contributed by atoms with Crippen molar-refractivity contribution in [1.29, 1.82) is 0 Å². The molecule has 9 nitrogen and oxygen atoms in total. The summed E-state index contributed by atoms with van der Waals surface area (Å²) in [4.78, 5) is 30.1. The Kier molecular flexibility index (Phi) is 12.4. The van der Waals surface area contributed by atoms with E-state index in [4.69, 9.17) is 35.4 Å². The number of nitrogens with one attached hydrogen (secondary N) is 2. The Morgan fingerprint density at radius 2 is 1.93 bits per heavy atom. The molecule has 0 fully saturated rings. The molecule has 1 aromatic heterocycles. The molecule has 12 heteroatoms. The third kappa shape index (κ3) is 9.41. The molecule has 0 aliphatic heterocycles. The van der Waals surface area contributed by atoms with Crippen LogP contribution >= 0.6 is 35.4 Å². The average molecular weight is 620 g/mol. The Bertz CT molecular complexity index is 1330. The van der Waals surface area contributed by atoms with Crippen LogP contribution in [0.25, 0.3) is 0 Å². The summed E-state index contributed by atoms with van der Waals surface area (Å²) in [5, 5.41) is 19.0. The van der Waals surface area contributed by atoms with Gasteiger partial charge in [0.25, 0.3) is 5.69 Å². The van der Waals surface area contributed by atoms with Crippen LogP contribution in [0.5, 0.6) is 0 Å². The van der Waals surface area contributed by atoms with E-state index in [0.717, 1.165) is 36.2 Å². The van der Waals surface area contributed by atoms with Crippen molar-refractivity contribution < 1.29 is 9.72 Å². The first-order valence-corrected chi connectivity index (χ1v) is 14.8. The zero-order valence-electron chi connectivity index (χ0n) is 23.5. The van der Waals surface area contributed by atoms with Crippen LogP contribution in [0.1, 0.15) is 50.4 Å². The summed E-state index contributed by atoms with van der Waals surface area (Å²) >= 11 is 18.5. The van der Waals surface area contributed by atoms with Crippen molar-refractivity contribution in [3.05, 3.63) is 92.0 Å². The Balaban J connectivity index is 1.73. The Morgan fingerprint density at radius 1 is 1.20 bits per heavy atom. The molecule has 1 amide bonds. The molecule has 3 rings (SSSR count). The number of non-ortho nitro benzene ring substituents is 1. The molecule has 2 N–H and O–H groups in total. The number of benzene rings is 2. The lowest BCUT2D eigenvalue weighted by molar-refractivity contribution is -0.384. The molecule has 0 radical (unpaired) electrons. The Labute approximate surface area is 256 Å². The Morgan fingerprint density at radius 3 is 2.59 bits per heavy atom. The van der Waals surface area contributed by atoms with Gasteiger partial charge in [-0.25, -0.2) is 4.98 Å². The maximum absolute atomic E-state index is 13.3. The van der Waals surface area contributed by atoms with Crippen LogP contribution in [-0.4, -0.2) is 49.5 Å². The first kappa shape index (κ1) is 32.3. The van der Waals surface area contributed by atoms with Crippen LogP contribution in [0, 0.1) is 16.0 Å². The van der Waals surface area contributed by atoms with Crippen LogP contribution in [0.3, 0.4) is 0 Å². The van der Waals surface area contributed by atoms with Gasteiger partial charge in [0.15, 0.2) is 5.11 Å². The number of nitrogens with zero attached hydrogens (tertiary/aromatic N) is 4. The van der Waals surface area contributed by atoms with Crippen molar-refractivity contribution in [2.75, 3.05) is 13.1 Å². The molecule has 0 aliphatic carbocycles. The Hall–Kier alpha value is -3.21. The molecule has 0 saturated carbocycles. The van der Waals surface area contributed by atoms with Crippen molar-refractivity contribution >= 4 is 52.1 Å². The van der Waals surface area contributed by atoms with E-state index in [1.807, 2.05) is 21.6 Å². The van der Waals surface area contributed by atoms with E-state index in [1.165, 1.54) is 12.1 Å². The van der Waals surface area contributed by atoms with Gasteiger partial charge in [-0.15, -0.1) is 0 Å². The number of thiocarbonyl (C=S) groups is 1. The lowest BCUT2D eigenvalue weighted by Crippen LogP contribution is -2.51. The van der Waals surface area contributed by atoms with Gasteiger partial charge < -0.3 is 20.1 Å². The number of amides is 1. The third-order valence-corrected chi connectivity index (χ3v) is 8.20. The van der Waals surface area contributed by atoms with Crippen LogP contribution < -0.4 is 10.6 Å². The number of carbonyl (C=O) groups is 1. The number of hydrogen-bond acceptors (Lipinski definition) is 5. The van der Waals surface area contributed by atoms with Crippen molar-refractivity contribution in [2.24, 2.45) is 5.92 Å². The summed E-state index contributed by atoms with van der Waals surface area (Å²) in [6.07, 6.45) is 5.25. The first-order chi connectivity index (χ1) is 19.6. The number of hydrogen-bond donors (Lipinski definition) is 2. The van der Waals surface area contributed by atoms with Crippen LogP contribution in [0.15, 0.2) is 55.0 Å². The average Bonchev–Trinajstić information content (AvgIpc) is 3.38. The van der Waals surface area contributed by atoms with Gasteiger partial charge in [-0.3, -0.25) is 14.9 Å². The lowest BCUT2D eigenvalue weighted by atomic mass is 9.98. The number of nitro groups is 1. The maximum Gasteiger partial charge on any atom is 0.269 e. The molecule has 0 unspecified atom stereocenters. The highest BCUT2D eigenvalue weighted by molar-refractivity contribution is 7.80. The summed E-state index contributed by atoms with van der Waals surface area (Å²) in [5.41, 5.74) is 2.50. The van der Waals surface area contributed by atoms with E-state index in [1.54, 1.807) is 30.7 Å². The van der Waals surface area contributed by atoms with Crippen molar-refractivity contribution in [3.63, 3.8) is 0 Å². The van der Waals surface area contributed by atoms with Gasteiger partial charge in [-0.2, -0.15) is 0 Å². The molecule has 0 aliphatic rings. The highest BCUT2D eigenvalue weighted by Gasteiger charge is 2.24. The second-order valence-electron chi connectivity index (χ2n) is 10.00. The number of nitro benzene ring substituents is 1. The van der Waals surface area contributed by atoms with Crippen molar-refractivity contribution in [1.82, 2.24) is 25.1 Å². The zero-order chi connectivity index (χ0) is 29.9. The van der Waals surface area contributed by atoms with Gasteiger partial charge in [0.2, 0.25) is 5.91 Å². The molecule has 0 bridgehead atoms. The topological polar surface area (TPSA) is 105 Å². The van der Waals surface area contributed by atoms with Gasteiger partial charge in [-0.1, -0.05) is 74.7 Å². The normalized spacial score (nSPS) is 12.4. The third-order valence-electron chi connectivity index (χ3n) is 6.94. The highest BCUT2D eigenvalue weighted by Crippen LogP contribution is 2.27. The molecule has 1 heterocycles. The lowest BCUT2D eigenvalue weighted by Gasteiger charge is -2.33. The molecule has 3 aromatic rings. The molecule has 220 valence electrons. The predicted octanol–water partition coefficient (Wildman–Crippen LogP) is 6.01. The minimum absolute atomic E-state index is 0.0334. The second kappa shape index (κ2) is 15.7. The molecule has 41 heavy (non-hydrogen) atoms. The van der Waals surface area contributed by atoms with Gasteiger partial charge in [0, 0.05) is 56.2 Å². The van der Waals surface area contributed by atoms with E-state index in [2.05, 4.69) is 36.4 Å². The quantitative estimate of drug-likeness (QED) is 0.129. The fourth-order valence-corrected chi connectivity index (χ4v) is 4.93. The largest absolute Gasteiger partial charge is 0.363 e. The van der Waals surface area contributed by atoms with Gasteiger partial charge in [-0.05, 0) is 41.7 Å². The van der Waals surface area contributed by atoms with Crippen molar-refractivity contribution in [2.45, 2.75) is 59.2 Å². The standard InChI is InChI=1S/C29H36Cl2N6O3S/c1-4-13-33-29(41)35(17-22-7-6-8-25(30)28(22)31)18-26(20(3)5-2)34-27(38)14-24-15-32-19-36(24)16-21-9-11-23(12-10-21)37(39)40/h6-12,15,19-20,26H,4-5,13-14,16-18H2,1-3H3,(H,33,41)(H,34,38)/t20-,26+/m0/s1. The summed E-state index contributed by atoms with van der Waals surface area (Å²) in [6, 6.07) is 11.7. The maximum atomic E-state index is 13.3. The van der Waals surface area contributed by atoms with E-state index in [-0.39, 0.29) is 30.0 Å². The predicted molar refractivity (Wildman–Crippen MR) is 167 cm³/mol. The van der Waals surface area contributed by atoms with E-state index in [9.17, 15) is 14.9 Å². The molecular weight excluding hydrogens is 583 g/mol. The molecule has 0 saturated heterocycles.